The van der Waals surface area contributed by atoms with Crippen molar-refractivity contribution < 1.29 is 52.7 Å². The average molecular weight is 732 g/mol. The highest BCUT2D eigenvalue weighted by Crippen LogP contribution is 2.43. The molecule has 0 radical (unpaired) electrons. The normalized spacial score (nSPS) is 13.1. The van der Waals surface area contributed by atoms with Gasteiger partial charge in [0, 0.05) is 52.9 Å². The van der Waals surface area contributed by atoms with Gasteiger partial charge in [0.15, 0.2) is 5.54 Å². The summed E-state index contributed by atoms with van der Waals surface area (Å²) in [7, 11) is -8.61. The van der Waals surface area contributed by atoms with Crippen LogP contribution in [0.25, 0.3) is 33.4 Å². The molecule has 10 nitrogen and oxygen atoms in total. The average Bonchev–Trinajstić information content (AvgIpc) is 2.98. The van der Waals surface area contributed by atoms with Crippen molar-refractivity contribution >= 4 is 42.5 Å². The fourth-order valence-electron chi connectivity index (χ4n) is 6.18. The lowest BCUT2D eigenvalue weighted by Gasteiger charge is -2.25. The smallest absolute Gasteiger partial charge is 0.294 e. The molecule has 0 saturated carbocycles. The minimum Gasteiger partial charge on any atom is -1.00 e. The number of anilines is 2. The van der Waals surface area contributed by atoms with Crippen LogP contribution in [0, 0.1) is 11.2 Å². The first-order valence-corrected chi connectivity index (χ1v) is 18.2. The Balaban J connectivity index is 0.00000541. The lowest BCUT2D eigenvalue weighted by atomic mass is 9.82. The number of hydrogen-bond donors (Lipinski definition) is 5. The predicted octanol–water partition coefficient (Wildman–Crippen LogP) is 1.80. The first-order valence-electron chi connectivity index (χ1n) is 15.2. The molecule has 3 aromatic rings. The van der Waals surface area contributed by atoms with Gasteiger partial charge in [-0.2, -0.15) is 8.42 Å². The molecule has 49 heavy (non-hydrogen) atoms. The van der Waals surface area contributed by atoms with E-state index in [1.807, 2.05) is 18.2 Å². The summed E-state index contributed by atoms with van der Waals surface area (Å²) in [5.74, 6) is -0.303. The van der Waals surface area contributed by atoms with Crippen molar-refractivity contribution in [3.8, 4) is 22.5 Å². The van der Waals surface area contributed by atoms with Crippen LogP contribution in [0.3, 0.4) is 0 Å². The standard InChI is InChI=1S/C35H38FN3O7S2.ClH/c1-34(2,3)21-35(4,5)39-23-11-14-26-31(19-23)46-30-18-22(38-29-20-24(48(43,44)45)12-15-28(29)36)10-13-25(30)33(26)27-8-6-7-9-32(27)47(41,42)37-16-17-40;/h6-15,18-20,37-38,40H,16-17,21H2,1-5H3,(H,43,44,45);1H. The molecule has 0 spiro atoms. The van der Waals surface area contributed by atoms with E-state index in [0.29, 0.717) is 39.1 Å². The number of nitrogens with one attached hydrogen (secondary N) is 3. The summed E-state index contributed by atoms with van der Waals surface area (Å²) in [6, 6.07) is 20.0. The Morgan fingerprint density at radius 1 is 0.878 bits per heavy atom. The number of rotatable bonds is 10. The zero-order chi connectivity index (χ0) is 35.1. The number of benzene rings is 4. The van der Waals surface area contributed by atoms with Crippen molar-refractivity contribution in [2.75, 3.05) is 18.5 Å². The van der Waals surface area contributed by atoms with Crippen LogP contribution in [0.15, 0.2) is 93.1 Å². The van der Waals surface area contributed by atoms with Crippen molar-refractivity contribution in [3.63, 3.8) is 0 Å². The van der Waals surface area contributed by atoms with Crippen LogP contribution in [0.5, 0.6) is 0 Å². The molecule has 0 bridgehead atoms. The van der Waals surface area contributed by atoms with Crippen LogP contribution >= 0.6 is 0 Å². The quantitative estimate of drug-likeness (QED) is 0.108. The molecule has 5 N–H and O–H groups in total. The number of sulfonamides is 1. The van der Waals surface area contributed by atoms with Crippen LogP contribution in [0.2, 0.25) is 0 Å². The van der Waals surface area contributed by atoms with Gasteiger partial charge in [0.25, 0.3) is 10.1 Å². The van der Waals surface area contributed by atoms with Crippen molar-refractivity contribution in [1.82, 2.24) is 4.72 Å². The van der Waals surface area contributed by atoms with Gasteiger partial charge >= 0.3 is 0 Å². The Morgan fingerprint density at radius 2 is 1.59 bits per heavy atom. The van der Waals surface area contributed by atoms with E-state index in [1.54, 1.807) is 36.4 Å². The van der Waals surface area contributed by atoms with E-state index < -0.39 is 30.9 Å². The third-order valence-corrected chi connectivity index (χ3v) is 9.91. The lowest BCUT2D eigenvalue weighted by Crippen LogP contribution is -3.00. The molecule has 0 unspecified atom stereocenters. The minimum atomic E-state index is -4.58. The summed E-state index contributed by atoms with van der Waals surface area (Å²) in [6.45, 7) is 10.2. The summed E-state index contributed by atoms with van der Waals surface area (Å²) >= 11 is 0. The Labute approximate surface area is 291 Å². The summed E-state index contributed by atoms with van der Waals surface area (Å²) < 4.78 is 83.2. The second kappa shape index (κ2) is 14.2. The summed E-state index contributed by atoms with van der Waals surface area (Å²) in [6.07, 6.45) is 0.870. The van der Waals surface area contributed by atoms with Crippen LogP contribution in [0.1, 0.15) is 41.0 Å². The van der Waals surface area contributed by atoms with Gasteiger partial charge in [-0.1, -0.05) is 39.0 Å². The van der Waals surface area contributed by atoms with E-state index in [2.05, 4.69) is 49.6 Å². The maximum absolute atomic E-state index is 14.7. The minimum absolute atomic E-state index is 0. The molecule has 0 saturated heterocycles. The van der Waals surface area contributed by atoms with E-state index in [-0.39, 0.29) is 47.1 Å². The third-order valence-electron chi connectivity index (χ3n) is 7.54. The molecule has 1 aliphatic heterocycles. The van der Waals surface area contributed by atoms with Gasteiger partial charge in [0.05, 0.1) is 28.2 Å². The SMILES string of the molecule is CC(C)(C)CC(C)(C)[NH+]=c1ccc2c(-c3ccccc3S(=O)(=O)NCCO)c3ccc(Nc4cc(S(=O)(=O)O)ccc4F)cc3oc-2c1.[Cl-]. The zero-order valence-electron chi connectivity index (χ0n) is 27.6. The molecule has 5 rings (SSSR count). The van der Waals surface area contributed by atoms with Crippen molar-refractivity contribution in [2.45, 2.75) is 56.4 Å². The summed E-state index contributed by atoms with van der Waals surface area (Å²) in [5, 5.41) is 13.5. The highest BCUT2D eigenvalue weighted by molar-refractivity contribution is 7.89. The molecule has 0 amide bonds. The van der Waals surface area contributed by atoms with Gasteiger partial charge in [-0.05, 0) is 61.7 Å². The fourth-order valence-corrected chi connectivity index (χ4v) is 7.92. The van der Waals surface area contributed by atoms with Gasteiger partial charge in [0.2, 0.25) is 15.4 Å². The monoisotopic (exact) mass is 731 g/mol. The molecule has 1 heterocycles. The first-order chi connectivity index (χ1) is 22.4. The van der Waals surface area contributed by atoms with Crippen LogP contribution in [0.4, 0.5) is 15.8 Å². The molecule has 262 valence electrons. The molecular formula is C35H39ClFN3O7S2. The van der Waals surface area contributed by atoms with Crippen LogP contribution in [-0.4, -0.2) is 45.2 Å². The summed E-state index contributed by atoms with van der Waals surface area (Å²) in [4.78, 5) is 3.11. The molecule has 2 aliphatic rings. The van der Waals surface area contributed by atoms with E-state index in [4.69, 9.17) is 4.42 Å². The molecule has 14 heteroatoms. The Morgan fingerprint density at radius 3 is 2.27 bits per heavy atom. The van der Waals surface area contributed by atoms with Gasteiger partial charge in [0.1, 0.15) is 17.2 Å². The molecule has 0 atom stereocenters. The van der Waals surface area contributed by atoms with E-state index in [0.717, 1.165) is 30.0 Å². The largest absolute Gasteiger partial charge is 1.00 e. The number of aliphatic hydroxyl groups excluding tert-OH is 1. The van der Waals surface area contributed by atoms with Crippen molar-refractivity contribution in [1.29, 1.82) is 0 Å². The van der Waals surface area contributed by atoms with E-state index >= 15 is 0 Å². The highest BCUT2D eigenvalue weighted by Gasteiger charge is 2.30. The third kappa shape index (κ3) is 8.85. The maximum Gasteiger partial charge on any atom is 0.294 e. The first kappa shape index (κ1) is 38.0. The Bertz CT molecular complexity index is 2270. The van der Waals surface area contributed by atoms with Gasteiger partial charge in [-0.3, -0.25) is 4.55 Å². The van der Waals surface area contributed by atoms with Gasteiger partial charge < -0.3 is 27.2 Å². The van der Waals surface area contributed by atoms with Gasteiger partial charge in [-0.15, -0.1) is 0 Å². The molecule has 0 fully saturated rings. The molecule has 0 aromatic heterocycles. The van der Waals surface area contributed by atoms with Gasteiger partial charge in [-0.25, -0.2) is 22.5 Å². The summed E-state index contributed by atoms with van der Waals surface area (Å²) in [5.41, 5.74) is 1.87. The lowest BCUT2D eigenvalue weighted by molar-refractivity contribution is -0.585. The number of fused-ring (bicyclic) bond motifs is 2. The predicted molar refractivity (Wildman–Crippen MR) is 182 cm³/mol. The highest BCUT2D eigenvalue weighted by atomic mass is 35.5. The Kier molecular flexibility index (Phi) is 11.0. The second-order valence-electron chi connectivity index (χ2n) is 13.5. The topological polar surface area (TPSA) is 160 Å². The van der Waals surface area contributed by atoms with Crippen molar-refractivity contribution in [3.05, 3.63) is 90.0 Å². The van der Waals surface area contributed by atoms with E-state index in [9.17, 15) is 30.9 Å². The second-order valence-corrected chi connectivity index (χ2v) is 16.7. The number of hydrogen-bond acceptors (Lipinski definition) is 7. The number of halogens is 2. The van der Waals surface area contributed by atoms with Crippen molar-refractivity contribution in [2.24, 2.45) is 5.41 Å². The maximum atomic E-state index is 14.7. The zero-order valence-corrected chi connectivity index (χ0v) is 30.0. The van der Waals surface area contributed by atoms with Crippen LogP contribution in [-0.2, 0) is 20.1 Å². The molecular weight excluding hydrogens is 693 g/mol. The fraction of sp³-hybridized carbons (Fsp3) is 0.286. The van der Waals surface area contributed by atoms with E-state index in [1.165, 1.54) is 6.07 Å². The number of aliphatic hydroxyl groups is 1. The Hall–Kier alpha value is -3.85. The molecule has 3 aromatic carbocycles. The molecule has 1 aliphatic carbocycles. The van der Waals surface area contributed by atoms with Crippen LogP contribution < -0.4 is 32.8 Å².